The quantitative estimate of drug-likeness (QED) is 0.387. The van der Waals surface area contributed by atoms with Gasteiger partial charge in [-0.15, -0.1) is 0 Å². The Morgan fingerprint density at radius 2 is 1.89 bits per heavy atom. The number of carboxylic acids is 1. The average Bonchev–Trinajstić information content (AvgIpc) is 2.66. The highest BCUT2D eigenvalue weighted by Gasteiger charge is 2.22. The minimum absolute atomic E-state index is 0.00946. The van der Waals surface area contributed by atoms with Crippen molar-refractivity contribution in [2.45, 2.75) is 6.42 Å². The number of aliphatic carboxylic acids is 1. The second-order valence-corrected chi connectivity index (χ2v) is 6.25. The summed E-state index contributed by atoms with van der Waals surface area (Å²) < 4.78 is 0. The molecule has 28 heavy (non-hydrogen) atoms. The molecule has 0 fully saturated rings. The molecule has 0 spiro atoms. The molecule has 0 saturated heterocycles. The molecule has 3 aromatic rings. The van der Waals surface area contributed by atoms with E-state index in [0.29, 0.717) is 11.0 Å². The van der Waals surface area contributed by atoms with E-state index in [1.165, 1.54) is 0 Å². The molecule has 0 radical (unpaired) electrons. The van der Waals surface area contributed by atoms with Gasteiger partial charge in [-0.2, -0.15) is 0 Å². The molecule has 0 aliphatic heterocycles. The zero-order valence-corrected chi connectivity index (χ0v) is 14.8. The summed E-state index contributed by atoms with van der Waals surface area (Å²) in [5, 5.41) is 10.3. The number of rotatable bonds is 7. The van der Waals surface area contributed by atoms with E-state index in [1.54, 1.807) is 6.07 Å². The summed E-state index contributed by atoms with van der Waals surface area (Å²) >= 11 is 0. The average molecular weight is 382 g/mol. The molecule has 9 heteroatoms. The molecule has 0 unspecified atom stereocenters. The number of nitrogens with zero attached hydrogens (tertiary/aromatic N) is 2. The van der Waals surface area contributed by atoms with Crippen LogP contribution < -0.4 is 11.3 Å². The molecule has 144 valence electrons. The number of ketones is 1. The first-order valence-electron chi connectivity index (χ1n) is 8.54. The Kier molecular flexibility index (Phi) is 5.46. The van der Waals surface area contributed by atoms with Gasteiger partial charge in [-0.1, -0.05) is 18.2 Å². The largest absolute Gasteiger partial charge is 0.475 e. The lowest BCUT2D eigenvalue weighted by Gasteiger charge is -2.20. The Hall–Kier alpha value is -3.59. The van der Waals surface area contributed by atoms with Crippen molar-refractivity contribution in [3.63, 3.8) is 0 Å². The predicted molar refractivity (Wildman–Crippen MR) is 102 cm³/mol. The van der Waals surface area contributed by atoms with Crippen molar-refractivity contribution in [3.8, 4) is 0 Å². The number of para-hydroxylation sites is 1. The Morgan fingerprint density at radius 3 is 2.61 bits per heavy atom. The van der Waals surface area contributed by atoms with E-state index in [1.807, 2.05) is 30.3 Å². The van der Waals surface area contributed by atoms with Gasteiger partial charge in [0.25, 0.3) is 11.3 Å². The van der Waals surface area contributed by atoms with Crippen molar-refractivity contribution < 1.29 is 19.5 Å². The van der Waals surface area contributed by atoms with Crippen LogP contribution in [0.25, 0.3) is 21.9 Å². The van der Waals surface area contributed by atoms with Gasteiger partial charge in [-0.3, -0.25) is 14.4 Å². The van der Waals surface area contributed by atoms with Crippen LogP contribution in [0.4, 0.5) is 0 Å². The first-order chi connectivity index (χ1) is 13.4. The van der Waals surface area contributed by atoms with Crippen molar-refractivity contribution in [3.05, 3.63) is 52.3 Å². The fourth-order valence-electron chi connectivity index (χ4n) is 2.88. The maximum atomic E-state index is 12.5. The van der Waals surface area contributed by atoms with Crippen LogP contribution in [0.15, 0.2) is 41.2 Å². The molecule has 1 amide bonds. The van der Waals surface area contributed by atoms with Gasteiger partial charge >= 0.3 is 5.97 Å². The molecule has 3 rings (SSSR count). The van der Waals surface area contributed by atoms with Gasteiger partial charge in [0.1, 0.15) is 5.65 Å². The van der Waals surface area contributed by atoms with E-state index >= 15 is 0 Å². The first kappa shape index (κ1) is 19.2. The number of aromatic amines is 1. The van der Waals surface area contributed by atoms with Gasteiger partial charge in [0.2, 0.25) is 5.91 Å². The third kappa shape index (κ3) is 4.04. The molecule has 1 aromatic carbocycles. The van der Waals surface area contributed by atoms with E-state index in [0.717, 1.165) is 15.8 Å². The highest BCUT2D eigenvalue weighted by atomic mass is 16.4. The fourth-order valence-corrected chi connectivity index (χ4v) is 2.88. The summed E-state index contributed by atoms with van der Waals surface area (Å²) in [5.41, 5.74) is 6.30. The lowest BCUT2D eigenvalue weighted by atomic mass is 10.1. The van der Waals surface area contributed by atoms with Crippen LogP contribution in [0.1, 0.15) is 5.56 Å². The third-order valence-electron chi connectivity index (χ3n) is 4.27. The minimum Gasteiger partial charge on any atom is -0.475 e. The molecule has 2 heterocycles. The Labute approximate surface area is 158 Å². The molecule has 2 aromatic heterocycles. The van der Waals surface area contributed by atoms with Gasteiger partial charge in [0.05, 0.1) is 18.5 Å². The van der Waals surface area contributed by atoms with E-state index in [9.17, 15) is 19.2 Å². The Balaban J connectivity index is 1.91. The smallest absolute Gasteiger partial charge is 0.374 e. The number of pyridine rings is 2. The number of H-pyrrole nitrogens is 1. The molecule has 0 aliphatic rings. The number of nitrogens with two attached hydrogens (primary N) is 1. The Bertz CT molecular complexity index is 1140. The zero-order chi connectivity index (χ0) is 20.3. The van der Waals surface area contributed by atoms with Crippen molar-refractivity contribution in [1.82, 2.24) is 14.9 Å². The molecule has 0 bridgehead atoms. The number of benzene rings is 1. The summed E-state index contributed by atoms with van der Waals surface area (Å²) in [6, 6.07) is 10.9. The zero-order valence-electron chi connectivity index (χ0n) is 14.8. The topological polar surface area (TPSA) is 146 Å². The summed E-state index contributed by atoms with van der Waals surface area (Å²) in [6.45, 7) is -0.527. The maximum absolute atomic E-state index is 12.5. The van der Waals surface area contributed by atoms with Crippen molar-refractivity contribution >= 4 is 39.6 Å². The highest BCUT2D eigenvalue weighted by Crippen LogP contribution is 2.18. The molecule has 0 saturated carbocycles. The Morgan fingerprint density at radius 1 is 1.14 bits per heavy atom. The monoisotopic (exact) mass is 382 g/mol. The van der Waals surface area contributed by atoms with Gasteiger partial charge in [0, 0.05) is 29.4 Å². The van der Waals surface area contributed by atoms with Crippen LogP contribution in [-0.2, 0) is 20.8 Å². The molecule has 9 nitrogen and oxygen atoms in total. The van der Waals surface area contributed by atoms with Crippen molar-refractivity contribution in [1.29, 1.82) is 0 Å². The maximum Gasteiger partial charge on any atom is 0.374 e. The van der Waals surface area contributed by atoms with Gasteiger partial charge in [-0.05, 0) is 18.2 Å². The molecular formula is C19H18N4O5. The van der Waals surface area contributed by atoms with Crippen LogP contribution in [-0.4, -0.2) is 57.3 Å². The standard InChI is InChI=1S/C19H18N4O5/c20-5-6-23(10-15(24)19(27)28)16(25)9-13-8-12-7-11-3-1-2-4-14(11)21-17(12)22-18(13)26/h1-4,7-8H,5-6,9-10,20H2,(H,27,28)(H,21,22,26). The van der Waals surface area contributed by atoms with Crippen LogP contribution in [0.5, 0.6) is 0 Å². The molecule has 4 N–H and O–H groups in total. The van der Waals surface area contributed by atoms with Gasteiger partial charge < -0.3 is 20.7 Å². The number of carboxylic acid groups (broad SMARTS) is 1. The lowest BCUT2D eigenvalue weighted by molar-refractivity contribution is -0.150. The van der Waals surface area contributed by atoms with Crippen LogP contribution in [0, 0.1) is 0 Å². The lowest BCUT2D eigenvalue weighted by Crippen LogP contribution is -2.42. The number of Topliss-reactive ketones (excluding diaryl/α,β-unsaturated/α-hetero) is 1. The minimum atomic E-state index is -1.63. The van der Waals surface area contributed by atoms with Crippen molar-refractivity contribution in [2.75, 3.05) is 19.6 Å². The normalized spacial score (nSPS) is 10.9. The van der Waals surface area contributed by atoms with Crippen LogP contribution >= 0.6 is 0 Å². The number of aromatic nitrogens is 2. The fraction of sp³-hybridized carbons (Fsp3) is 0.211. The number of nitrogens with one attached hydrogen (secondary N) is 1. The van der Waals surface area contributed by atoms with E-state index in [-0.39, 0.29) is 25.1 Å². The second kappa shape index (κ2) is 7.97. The van der Waals surface area contributed by atoms with E-state index in [2.05, 4.69) is 9.97 Å². The van der Waals surface area contributed by atoms with Crippen molar-refractivity contribution in [2.24, 2.45) is 5.73 Å². The van der Waals surface area contributed by atoms with Crippen LogP contribution in [0.3, 0.4) is 0 Å². The second-order valence-electron chi connectivity index (χ2n) is 6.25. The van der Waals surface area contributed by atoms with Gasteiger partial charge in [0.15, 0.2) is 0 Å². The SMILES string of the molecule is NCCN(CC(=O)C(=O)O)C(=O)Cc1cc2cc3ccccc3nc2[nH]c1=O. The van der Waals surface area contributed by atoms with E-state index in [4.69, 9.17) is 10.8 Å². The van der Waals surface area contributed by atoms with Crippen LogP contribution in [0.2, 0.25) is 0 Å². The predicted octanol–water partition coefficient (Wildman–Crippen LogP) is 0.0598. The molecule has 0 aliphatic carbocycles. The summed E-state index contributed by atoms with van der Waals surface area (Å²) in [4.78, 5) is 55.2. The number of amides is 1. The number of fused-ring (bicyclic) bond motifs is 2. The van der Waals surface area contributed by atoms with E-state index < -0.39 is 29.8 Å². The summed E-state index contributed by atoms with van der Waals surface area (Å²) in [7, 11) is 0. The number of carbonyl (C=O) groups is 3. The number of hydrogen-bond donors (Lipinski definition) is 3. The number of carbonyl (C=O) groups excluding carboxylic acids is 2. The third-order valence-corrected chi connectivity index (χ3v) is 4.27. The summed E-state index contributed by atoms with van der Waals surface area (Å²) in [5.74, 6) is -3.31. The molecular weight excluding hydrogens is 364 g/mol. The van der Waals surface area contributed by atoms with Gasteiger partial charge in [-0.25, -0.2) is 9.78 Å². The number of hydrogen-bond acceptors (Lipinski definition) is 6. The first-order valence-corrected chi connectivity index (χ1v) is 8.54. The highest BCUT2D eigenvalue weighted by molar-refractivity contribution is 6.33. The summed E-state index contributed by atoms with van der Waals surface area (Å²) in [6.07, 6.45) is -0.287. The molecule has 0 atom stereocenters.